The molecule has 0 aliphatic heterocycles. The minimum Gasteiger partial charge on any atom is -0.290 e. The van der Waals surface area contributed by atoms with Crippen LogP contribution in [0.4, 0.5) is 0 Å². The Labute approximate surface area is 106 Å². The zero-order valence-electron chi connectivity index (χ0n) is 10.7. The van der Waals surface area contributed by atoms with Crippen molar-refractivity contribution in [1.82, 2.24) is 15.2 Å². The van der Waals surface area contributed by atoms with Gasteiger partial charge in [-0.15, -0.1) is 0 Å². The normalized spacial score (nSPS) is 10.4. The summed E-state index contributed by atoms with van der Waals surface area (Å²) in [5, 5.41) is 4.26. The van der Waals surface area contributed by atoms with Crippen molar-refractivity contribution in [3.8, 4) is 5.69 Å². The van der Waals surface area contributed by atoms with E-state index in [9.17, 15) is 4.79 Å². The molecule has 3 N–H and O–H groups in total. The van der Waals surface area contributed by atoms with Gasteiger partial charge in [0.2, 0.25) is 0 Å². The van der Waals surface area contributed by atoms with E-state index in [4.69, 9.17) is 5.84 Å². The number of aromatic nitrogens is 2. The minimum absolute atomic E-state index is 0.330. The average molecular weight is 244 g/mol. The summed E-state index contributed by atoms with van der Waals surface area (Å²) in [6.07, 6.45) is 1.53. The quantitative estimate of drug-likeness (QED) is 0.476. The topological polar surface area (TPSA) is 72.9 Å². The van der Waals surface area contributed by atoms with E-state index in [0.717, 1.165) is 16.9 Å². The molecule has 0 aliphatic rings. The number of benzene rings is 1. The lowest BCUT2D eigenvalue weighted by Crippen LogP contribution is -2.30. The lowest BCUT2D eigenvalue weighted by atomic mass is 10.1. The number of aryl methyl sites for hydroxylation is 1. The minimum atomic E-state index is -0.330. The molecule has 0 unspecified atom stereocenters. The lowest BCUT2D eigenvalue weighted by Gasteiger charge is -2.10. The smallest absolute Gasteiger partial charge is 0.268 e. The molecule has 0 saturated heterocycles. The van der Waals surface area contributed by atoms with Crippen LogP contribution in [0.3, 0.4) is 0 Å². The van der Waals surface area contributed by atoms with Crippen LogP contribution in [-0.4, -0.2) is 15.7 Å². The van der Waals surface area contributed by atoms with Crippen LogP contribution in [0.2, 0.25) is 0 Å². The highest BCUT2D eigenvalue weighted by Crippen LogP contribution is 2.20. The molecule has 1 heterocycles. The Morgan fingerprint density at radius 1 is 1.33 bits per heavy atom. The number of hydrogen-bond donors (Lipinski definition) is 2. The molecule has 2 rings (SSSR count). The fraction of sp³-hybridized carbons (Fsp3) is 0.231. The summed E-state index contributed by atoms with van der Waals surface area (Å²) in [6, 6.07) is 6.00. The van der Waals surface area contributed by atoms with E-state index >= 15 is 0 Å². The summed E-state index contributed by atoms with van der Waals surface area (Å²) in [5.74, 6) is 4.81. The third-order valence-electron chi connectivity index (χ3n) is 3.19. The number of hydrogen-bond acceptors (Lipinski definition) is 3. The number of nitrogens with two attached hydrogens (primary N) is 1. The first-order valence-corrected chi connectivity index (χ1v) is 5.68. The van der Waals surface area contributed by atoms with Crippen molar-refractivity contribution in [2.24, 2.45) is 5.84 Å². The summed E-state index contributed by atoms with van der Waals surface area (Å²) < 4.78 is 1.76. The van der Waals surface area contributed by atoms with Gasteiger partial charge in [-0.3, -0.25) is 10.2 Å². The molecule has 0 bridgehead atoms. The number of carbonyl (C=O) groups excluding carboxylic acids is 1. The third-order valence-corrected chi connectivity index (χ3v) is 3.19. The van der Waals surface area contributed by atoms with Gasteiger partial charge in [-0.2, -0.15) is 5.10 Å². The van der Waals surface area contributed by atoms with Gasteiger partial charge in [-0.1, -0.05) is 12.1 Å². The van der Waals surface area contributed by atoms with Crippen molar-refractivity contribution >= 4 is 5.91 Å². The Morgan fingerprint density at radius 2 is 2.06 bits per heavy atom. The second kappa shape index (κ2) is 4.62. The van der Waals surface area contributed by atoms with Crippen molar-refractivity contribution in [2.75, 3.05) is 0 Å². The van der Waals surface area contributed by atoms with Gasteiger partial charge in [-0.05, 0) is 38.0 Å². The molecule has 0 atom stereocenters. The Morgan fingerprint density at radius 3 is 2.72 bits per heavy atom. The van der Waals surface area contributed by atoms with E-state index in [1.165, 1.54) is 11.8 Å². The second-order valence-electron chi connectivity index (χ2n) is 4.25. The standard InChI is InChI=1S/C13H16N4O/c1-8-5-4-6-12(9(8)2)17-10(3)11(7-15-17)13(18)16-14/h4-7H,14H2,1-3H3,(H,16,18). The van der Waals surface area contributed by atoms with Crippen LogP contribution in [0.15, 0.2) is 24.4 Å². The number of nitrogens with zero attached hydrogens (tertiary/aromatic N) is 2. The van der Waals surface area contributed by atoms with Gasteiger partial charge in [0.1, 0.15) is 0 Å². The second-order valence-corrected chi connectivity index (χ2v) is 4.25. The lowest BCUT2D eigenvalue weighted by molar-refractivity contribution is 0.0953. The van der Waals surface area contributed by atoms with Gasteiger partial charge in [0.25, 0.3) is 5.91 Å². The van der Waals surface area contributed by atoms with E-state index < -0.39 is 0 Å². The van der Waals surface area contributed by atoms with Crippen molar-refractivity contribution in [3.05, 3.63) is 46.8 Å². The SMILES string of the molecule is Cc1cccc(-n2ncc(C(=O)NN)c2C)c1C. The van der Waals surface area contributed by atoms with E-state index in [1.54, 1.807) is 4.68 Å². The molecule has 1 aromatic heterocycles. The Kier molecular flexibility index (Phi) is 3.16. The number of rotatable bonds is 2. The van der Waals surface area contributed by atoms with Gasteiger partial charge in [0, 0.05) is 0 Å². The summed E-state index contributed by atoms with van der Waals surface area (Å²) in [7, 11) is 0. The van der Waals surface area contributed by atoms with Crippen LogP contribution in [0, 0.1) is 20.8 Å². The zero-order valence-corrected chi connectivity index (χ0v) is 10.7. The largest absolute Gasteiger partial charge is 0.290 e. The van der Waals surface area contributed by atoms with Crippen LogP contribution in [0.1, 0.15) is 27.2 Å². The summed E-state index contributed by atoms with van der Waals surface area (Å²) in [6.45, 7) is 5.93. The van der Waals surface area contributed by atoms with Gasteiger partial charge < -0.3 is 0 Å². The van der Waals surface area contributed by atoms with Crippen LogP contribution < -0.4 is 11.3 Å². The predicted octanol–water partition coefficient (Wildman–Crippen LogP) is 1.40. The number of nitrogens with one attached hydrogen (secondary N) is 1. The van der Waals surface area contributed by atoms with E-state index in [1.807, 2.05) is 39.0 Å². The summed E-state index contributed by atoms with van der Waals surface area (Å²) in [4.78, 5) is 11.5. The Bertz CT molecular complexity index is 601. The maximum absolute atomic E-state index is 11.5. The molecule has 0 aliphatic carbocycles. The predicted molar refractivity (Wildman–Crippen MR) is 69.4 cm³/mol. The van der Waals surface area contributed by atoms with Crippen LogP contribution >= 0.6 is 0 Å². The first-order chi connectivity index (χ1) is 8.56. The highest BCUT2D eigenvalue weighted by molar-refractivity contribution is 5.94. The molecule has 0 spiro atoms. The fourth-order valence-electron chi connectivity index (χ4n) is 1.92. The third kappa shape index (κ3) is 1.89. The molecule has 18 heavy (non-hydrogen) atoms. The molecular weight excluding hydrogens is 228 g/mol. The number of amides is 1. The van der Waals surface area contributed by atoms with Crippen molar-refractivity contribution in [1.29, 1.82) is 0 Å². The van der Waals surface area contributed by atoms with Gasteiger partial charge in [0.05, 0.1) is 23.1 Å². The number of carbonyl (C=O) groups is 1. The highest BCUT2D eigenvalue weighted by atomic mass is 16.2. The zero-order chi connectivity index (χ0) is 13.3. The van der Waals surface area contributed by atoms with Crippen molar-refractivity contribution < 1.29 is 4.79 Å². The van der Waals surface area contributed by atoms with Crippen molar-refractivity contribution in [2.45, 2.75) is 20.8 Å². The maximum atomic E-state index is 11.5. The maximum Gasteiger partial charge on any atom is 0.268 e. The van der Waals surface area contributed by atoms with E-state index in [0.29, 0.717) is 5.56 Å². The van der Waals surface area contributed by atoms with Gasteiger partial charge in [0.15, 0.2) is 0 Å². The molecule has 5 nitrogen and oxygen atoms in total. The van der Waals surface area contributed by atoms with Crippen LogP contribution in [0.25, 0.3) is 5.69 Å². The van der Waals surface area contributed by atoms with Crippen LogP contribution in [-0.2, 0) is 0 Å². The Hall–Kier alpha value is -2.14. The highest BCUT2D eigenvalue weighted by Gasteiger charge is 2.15. The molecular formula is C13H16N4O. The summed E-state index contributed by atoms with van der Waals surface area (Å²) in [5.41, 5.74) is 6.68. The van der Waals surface area contributed by atoms with Crippen LogP contribution in [0.5, 0.6) is 0 Å². The first-order valence-electron chi connectivity index (χ1n) is 5.68. The molecule has 1 amide bonds. The van der Waals surface area contributed by atoms with E-state index in [-0.39, 0.29) is 5.91 Å². The molecule has 1 aromatic carbocycles. The molecule has 94 valence electrons. The fourth-order valence-corrected chi connectivity index (χ4v) is 1.92. The molecule has 5 heteroatoms. The number of nitrogen functional groups attached to an aromatic ring is 1. The molecule has 0 fully saturated rings. The molecule has 2 aromatic rings. The monoisotopic (exact) mass is 244 g/mol. The Balaban J connectivity index is 2.56. The van der Waals surface area contributed by atoms with Gasteiger partial charge in [-0.25, -0.2) is 10.5 Å². The molecule has 0 radical (unpaired) electrons. The average Bonchev–Trinajstić information content (AvgIpc) is 2.74. The first kappa shape index (κ1) is 12.3. The van der Waals surface area contributed by atoms with Crippen molar-refractivity contribution in [3.63, 3.8) is 0 Å². The van der Waals surface area contributed by atoms with E-state index in [2.05, 4.69) is 10.5 Å². The van der Waals surface area contributed by atoms with Gasteiger partial charge >= 0.3 is 0 Å². The summed E-state index contributed by atoms with van der Waals surface area (Å²) >= 11 is 0. The number of hydrazine groups is 1. The molecule has 0 saturated carbocycles.